The topological polar surface area (TPSA) is 47.4 Å². The first kappa shape index (κ1) is 27.0. The second-order valence-electron chi connectivity index (χ2n) is 9.41. The Bertz CT molecular complexity index is 1720. The molecule has 4 aromatic carbocycles. The monoisotopic (exact) mass is 593 g/mol. The normalized spacial score (nSPS) is 14.2. The third kappa shape index (κ3) is 6.28. The summed E-state index contributed by atoms with van der Waals surface area (Å²) in [5.74, 6) is 0.641. The SMILES string of the molecule is O=C1/C(=C/c2cn(-c3ccccc3)nc2-c2ccc(OCc3ccc(Cl)cc3)cc2)SC(=S)N1Cc1ccccc1. The van der Waals surface area contributed by atoms with E-state index in [9.17, 15) is 4.79 Å². The Hall–Kier alpha value is -4.17. The molecular formula is C33H24ClN3O2S2. The lowest BCUT2D eigenvalue weighted by Crippen LogP contribution is -2.27. The number of benzene rings is 4. The lowest BCUT2D eigenvalue weighted by Gasteiger charge is -2.14. The largest absolute Gasteiger partial charge is 0.489 e. The van der Waals surface area contributed by atoms with E-state index in [1.807, 2.05) is 126 Å². The second-order valence-corrected chi connectivity index (χ2v) is 11.5. The molecule has 1 aromatic heterocycles. The highest BCUT2D eigenvalue weighted by Gasteiger charge is 2.32. The summed E-state index contributed by atoms with van der Waals surface area (Å²) >= 11 is 12.9. The van der Waals surface area contributed by atoms with Crippen LogP contribution in [0.15, 0.2) is 120 Å². The predicted octanol–water partition coefficient (Wildman–Crippen LogP) is 8.17. The number of nitrogens with zero attached hydrogens (tertiary/aromatic N) is 3. The van der Waals surface area contributed by atoms with Gasteiger partial charge in [-0.2, -0.15) is 5.10 Å². The van der Waals surface area contributed by atoms with Crippen LogP contribution in [0.5, 0.6) is 5.75 Å². The van der Waals surface area contributed by atoms with Crippen LogP contribution >= 0.6 is 35.6 Å². The second kappa shape index (κ2) is 12.1. The van der Waals surface area contributed by atoms with Crippen LogP contribution in [0.1, 0.15) is 16.7 Å². The molecule has 0 radical (unpaired) electrons. The van der Waals surface area contributed by atoms with Crippen molar-refractivity contribution in [1.82, 2.24) is 14.7 Å². The molecule has 5 nitrogen and oxygen atoms in total. The standard InChI is InChI=1S/C33H24ClN3O2S2/c34-27-15-11-24(12-16-27)22-39-29-17-13-25(14-18-29)31-26(21-37(35-31)28-9-5-2-6-10-28)19-30-32(38)36(33(40)41-30)20-23-7-3-1-4-8-23/h1-19,21H,20,22H2/b30-19-. The third-order valence-corrected chi connectivity index (χ3v) is 8.18. The Morgan fingerprint density at radius 3 is 2.24 bits per heavy atom. The number of carbonyl (C=O) groups is 1. The van der Waals surface area contributed by atoms with Gasteiger partial charge in [-0.1, -0.05) is 96.2 Å². The van der Waals surface area contributed by atoms with E-state index in [4.69, 9.17) is 33.7 Å². The average molecular weight is 594 g/mol. The van der Waals surface area contributed by atoms with Gasteiger partial charge < -0.3 is 4.74 Å². The van der Waals surface area contributed by atoms with E-state index < -0.39 is 0 Å². The molecular weight excluding hydrogens is 570 g/mol. The van der Waals surface area contributed by atoms with Crippen LogP contribution in [-0.4, -0.2) is 24.9 Å². The Morgan fingerprint density at radius 1 is 0.854 bits per heavy atom. The highest BCUT2D eigenvalue weighted by Crippen LogP contribution is 2.36. The van der Waals surface area contributed by atoms with Crippen molar-refractivity contribution in [2.24, 2.45) is 0 Å². The number of ether oxygens (including phenoxy) is 1. The molecule has 0 atom stereocenters. The molecule has 0 unspecified atom stereocenters. The van der Waals surface area contributed by atoms with Crippen molar-refractivity contribution >= 4 is 51.9 Å². The van der Waals surface area contributed by atoms with Crippen molar-refractivity contribution in [1.29, 1.82) is 0 Å². The van der Waals surface area contributed by atoms with Crippen LogP contribution in [0.4, 0.5) is 0 Å². The van der Waals surface area contributed by atoms with Gasteiger partial charge in [0.1, 0.15) is 16.7 Å². The van der Waals surface area contributed by atoms with E-state index in [1.54, 1.807) is 4.90 Å². The minimum atomic E-state index is -0.104. The van der Waals surface area contributed by atoms with Crippen LogP contribution in [0.25, 0.3) is 23.0 Å². The third-order valence-electron chi connectivity index (χ3n) is 6.55. The number of thiocarbonyl (C=S) groups is 1. The Kier molecular flexibility index (Phi) is 8.00. The van der Waals surface area contributed by atoms with Gasteiger partial charge in [0.15, 0.2) is 0 Å². The Labute approximate surface area is 253 Å². The van der Waals surface area contributed by atoms with Gasteiger partial charge in [-0.25, -0.2) is 4.68 Å². The molecule has 6 rings (SSSR count). The van der Waals surface area contributed by atoms with Crippen LogP contribution in [0, 0.1) is 0 Å². The van der Waals surface area contributed by atoms with Gasteiger partial charge in [-0.3, -0.25) is 9.69 Å². The quantitative estimate of drug-likeness (QED) is 0.134. The van der Waals surface area contributed by atoms with Crippen molar-refractivity contribution in [3.63, 3.8) is 0 Å². The van der Waals surface area contributed by atoms with E-state index in [2.05, 4.69) is 0 Å². The van der Waals surface area contributed by atoms with Crippen LogP contribution in [-0.2, 0) is 17.9 Å². The van der Waals surface area contributed by atoms with Crippen molar-refractivity contribution in [3.05, 3.63) is 142 Å². The van der Waals surface area contributed by atoms with Gasteiger partial charge in [0.25, 0.3) is 5.91 Å². The molecule has 0 saturated carbocycles. The van der Waals surface area contributed by atoms with Crippen LogP contribution in [0.2, 0.25) is 5.02 Å². The number of rotatable bonds is 8. The molecule has 0 bridgehead atoms. The van der Waals surface area contributed by atoms with Gasteiger partial charge in [0, 0.05) is 22.3 Å². The minimum Gasteiger partial charge on any atom is -0.489 e. The molecule has 1 aliphatic rings. The maximum atomic E-state index is 13.4. The van der Waals surface area contributed by atoms with Crippen molar-refractivity contribution in [2.45, 2.75) is 13.2 Å². The summed E-state index contributed by atoms with van der Waals surface area (Å²) < 4.78 is 8.35. The fourth-order valence-corrected chi connectivity index (χ4v) is 5.80. The lowest BCUT2D eigenvalue weighted by atomic mass is 10.1. The molecule has 2 heterocycles. The molecule has 8 heteroatoms. The smallest absolute Gasteiger partial charge is 0.266 e. The molecule has 1 amide bonds. The van der Waals surface area contributed by atoms with Crippen LogP contribution in [0.3, 0.4) is 0 Å². The number of amides is 1. The summed E-state index contributed by atoms with van der Waals surface area (Å²) in [6.07, 6.45) is 3.83. The zero-order valence-corrected chi connectivity index (χ0v) is 24.2. The Morgan fingerprint density at radius 2 is 1.54 bits per heavy atom. The predicted molar refractivity (Wildman–Crippen MR) is 170 cm³/mol. The summed E-state index contributed by atoms with van der Waals surface area (Å²) in [6, 6.07) is 35.2. The number of halogens is 1. The molecule has 1 fully saturated rings. The summed E-state index contributed by atoms with van der Waals surface area (Å²) in [5.41, 5.74) is 5.47. The number of hydrogen-bond donors (Lipinski definition) is 0. The van der Waals surface area contributed by atoms with Gasteiger partial charge in [-0.05, 0) is 65.7 Å². The lowest BCUT2D eigenvalue weighted by molar-refractivity contribution is -0.122. The molecule has 41 heavy (non-hydrogen) atoms. The summed E-state index contributed by atoms with van der Waals surface area (Å²) in [4.78, 5) is 15.6. The van der Waals surface area contributed by atoms with E-state index in [-0.39, 0.29) is 5.91 Å². The zero-order chi connectivity index (χ0) is 28.2. The number of hydrogen-bond acceptors (Lipinski definition) is 5. The molecule has 1 saturated heterocycles. The number of thioether (sulfide) groups is 1. The molecule has 1 aliphatic heterocycles. The maximum Gasteiger partial charge on any atom is 0.266 e. The molecule has 202 valence electrons. The van der Waals surface area contributed by atoms with Gasteiger partial charge in [0.05, 0.1) is 22.8 Å². The maximum absolute atomic E-state index is 13.4. The van der Waals surface area contributed by atoms with Gasteiger partial charge in [-0.15, -0.1) is 0 Å². The zero-order valence-electron chi connectivity index (χ0n) is 21.8. The summed E-state index contributed by atoms with van der Waals surface area (Å²) in [5, 5.41) is 5.60. The number of carbonyl (C=O) groups excluding carboxylic acids is 1. The number of para-hydroxylation sites is 1. The van der Waals surface area contributed by atoms with E-state index in [0.717, 1.165) is 39.4 Å². The van der Waals surface area contributed by atoms with Crippen molar-refractivity contribution in [2.75, 3.05) is 0 Å². The van der Waals surface area contributed by atoms with Gasteiger partial charge in [0.2, 0.25) is 0 Å². The van der Waals surface area contributed by atoms with E-state index in [1.165, 1.54) is 11.8 Å². The first-order valence-corrected chi connectivity index (χ1v) is 14.6. The fraction of sp³-hybridized carbons (Fsp3) is 0.0606. The van der Waals surface area contributed by atoms with Crippen molar-refractivity contribution in [3.8, 4) is 22.7 Å². The van der Waals surface area contributed by atoms with Crippen molar-refractivity contribution < 1.29 is 9.53 Å². The highest BCUT2D eigenvalue weighted by atomic mass is 35.5. The number of aromatic nitrogens is 2. The van der Waals surface area contributed by atoms with Gasteiger partial charge >= 0.3 is 0 Å². The highest BCUT2D eigenvalue weighted by molar-refractivity contribution is 8.26. The molecule has 5 aromatic rings. The van der Waals surface area contributed by atoms with Crippen LogP contribution < -0.4 is 4.74 Å². The average Bonchev–Trinajstić information content (AvgIpc) is 3.54. The van der Waals surface area contributed by atoms with E-state index >= 15 is 0 Å². The summed E-state index contributed by atoms with van der Waals surface area (Å²) in [7, 11) is 0. The fourth-order valence-electron chi connectivity index (χ4n) is 4.43. The molecule has 0 N–H and O–H groups in total. The first-order chi connectivity index (χ1) is 20.0. The minimum absolute atomic E-state index is 0.104. The van der Waals surface area contributed by atoms with E-state index in [0.29, 0.717) is 27.4 Å². The summed E-state index contributed by atoms with van der Waals surface area (Å²) in [6.45, 7) is 0.881. The molecule has 0 spiro atoms. The first-order valence-electron chi connectivity index (χ1n) is 13.0. The Balaban J connectivity index is 1.28. The molecule has 0 aliphatic carbocycles.